The lowest BCUT2D eigenvalue weighted by Gasteiger charge is -2.42. The first-order valence-corrected chi connectivity index (χ1v) is 4.08. The number of esters is 1. The highest BCUT2D eigenvalue weighted by Gasteiger charge is 2.56. The van der Waals surface area contributed by atoms with Gasteiger partial charge >= 0.3 is 5.97 Å². The van der Waals surface area contributed by atoms with Crippen LogP contribution in [-0.4, -0.2) is 24.3 Å². The van der Waals surface area contributed by atoms with Crippen LogP contribution in [0.1, 0.15) is 26.2 Å². The van der Waals surface area contributed by atoms with Crippen molar-refractivity contribution in [2.45, 2.75) is 37.9 Å². The number of hydrogen-bond acceptors (Lipinski definition) is 3. The van der Waals surface area contributed by atoms with E-state index in [1.165, 1.54) is 0 Å². The SMILES string of the molecule is C[C@]12OCCCC[C@H]1OC2=O. The van der Waals surface area contributed by atoms with E-state index in [1.54, 1.807) is 0 Å². The lowest BCUT2D eigenvalue weighted by atomic mass is 9.90. The van der Waals surface area contributed by atoms with Gasteiger partial charge in [-0.2, -0.15) is 0 Å². The Kier molecular flexibility index (Phi) is 1.42. The fourth-order valence-corrected chi connectivity index (χ4v) is 1.63. The van der Waals surface area contributed by atoms with Crippen LogP contribution in [0.25, 0.3) is 0 Å². The van der Waals surface area contributed by atoms with E-state index in [2.05, 4.69) is 0 Å². The molecule has 2 heterocycles. The Morgan fingerprint density at radius 1 is 1.55 bits per heavy atom. The Labute approximate surface area is 65.7 Å². The molecule has 0 aliphatic carbocycles. The predicted molar refractivity (Wildman–Crippen MR) is 38.1 cm³/mol. The van der Waals surface area contributed by atoms with Crippen LogP contribution in [0.15, 0.2) is 0 Å². The van der Waals surface area contributed by atoms with Gasteiger partial charge in [0.25, 0.3) is 0 Å². The first-order chi connectivity index (χ1) is 5.23. The van der Waals surface area contributed by atoms with Gasteiger partial charge in [-0.3, -0.25) is 0 Å². The van der Waals surface area contributed by atoms with Crippen LogP contribution >= 0.6 is 0 Å². The van der Waals surface area contributed by atoms with E-state index in [9.17, 15) is 4.79 Å². The molecule has 0 N–H and O–H groups in total. The van der Waals surface area contributed by atoms with Gasteiger partial charge in [0, 0.05) is 6.61 Å². The van der Waals surface area contributed by atoms with E-state index in [0.717, 1.165) is 19.3 Å². The first kappa shape index (κ1) is 7.10. The molecule has 0 bridgehead atoms. The minimum Gasteiger partial charge on any atom is -0.456 e. The molecule has 0 aromatic rings. The van der Waals surface area contributed by atoms with Crippen molar-refractivity contribution in [3.63, 3.8) is 0 Å². The van der Waals surface area contributed by atoms with Crippen molar-refractivity contribution < 1.29 is 14.3 Å². The van der Waals surface area contributed by atoms with Crippen LogP contribution in [0.4, 0.5) is 0 Å². The highest BCUT2D eigenvalue weighted by atomic mass is 16.6. The lowest BCUT2D eigenvalue weighted by Crippen LogP contribution is -2.61. The van der Waals surface area contributed by atoms with Crippen LogP contribution in [0.2, 0.25) is 0 Å². The number of rotatable bonds is 0. The van der Waals surface area contributed by atoms with Gasteiger partial charge in [0.05, 0.1) is 0 Å². The van der Waals surface area contributed by atoms with Crippen molar-refractivity contribution in [3.05, 3.63) is 0 Å². The highest BCUT2D eigenvalue weighted by Crippen LogP contribution is 2.36. The summed E-state index contributed by atoms with van der Waals surface area (Å²) in [5, 5.41) is 0. The normalized spacial score (nSPS) is 43.4. The number of fused-ring (bicyclic) bond motifs is 1. The summed E-state index contributed by atoms with van der Waals surface area (Å²) in [6.45, 7) is 2.52. The van der Waals surface area contributed by atoms with E-state index < -0.39 is 5.60 Å². The molecule has 2 aliphatic rings. The van der Waals surface area contributed by atoms with Crippen molar-refractivity contribution in [1.82, 2.24) is 0 Å². The number of hydrogen-bond donors (Lipinski definition) is 0. The third kappa shape index (κ3) is 0.872. The second-order valence-corrected chi connectivity index (χ2v) is 3.35. The Bertz CT molecular complexity index is 190. The van der Waals surface area contributed by atoms with Crippen LogP contribution in [0.5, 0.6) is 0 Å². The molecule has 2 atom stereocenters. The summed E-state index contributed by atoms with van der Waals surface area (Å²) in [6.07, 6.45) is 3.14. The third-order valence-corrected chi connectivity index (χ3v) is 2.53. The van der Waals surface area contributed by atoms with Crippen LogP contribution < -0.4 is 0 Å². The Balaban J connectivity index is 2.13. The monoisotopic (exact) mass is 156 g/mol. The summed E-state index contributed by atoms with van der Waals surface area (Å²) >= 11 is 0. The zero-order valence-electron chi connectivity index (χ0n) is 6.63. The van der Waals surface area contributed by atoms with Crippen LogP contribution in [0, 0.1) is 0 Å². The molecule has 2 aliphatic heterocycles. The number of ether oxygens (including phenoxy) is 2. The Morgan fingerprint density at radius 3 is 3.09 bits per heavy atom. The minimum absolute atomic E-state index is 0.0255. The largest absolute Gasteiger partial charge is 0.456 e. The van der Waals surface area contributed by atoms with E-state index in [-0.39, 0.29) is 12.1 Å². The minimum atomic E-state index is -0.601. The maximum atomic E-state index is 11.0. The highest BCUT2D eigenvalue weighted by molar-refractivity contribution is 5.85. The smallest absolute Gasteiger partial charge is 0.342 e. The van der Waals surface area contributed by atoms with Gasteiger partial charge < -0.3 is 9.47 Å². The first-order valence-electron chi connectivity index (χ1n) is 4.08. The van der Waals surface area contributed by atoms with E-state index in [1.807, 2.05) is 6.92 Å². The molecular weight excluding hydrogens is 144 g/mol. The molecule has 0 saturated carbocycles. The molecule has 3 heteroatoms. The summed E-state index contributed by atoms with van der Waals surface area (Å²) in [4.78, 5) is 11.0. The van der Waals surface area contributed by atoms with E-state index in [4.69, 9.17) is 9.47 Å². The number of carbonyl (C=O) groups is 1. The fourth-order valence-electron chi connectivity index (χ4n) is 1.63. The van der Waals surface area contributed by atoms with E-state index in [0.29, 0.717) is 6.61 Å². The summed E-state index contributed by atoms with van der Waals surface area (Å²) < 4.78 is 10.4. The molecule has 3 nitrogen and oxygen atoms in total. The van der Waals surface area contributed by atoms with Crippen molar-refractivity contribution in [3.8, 4) is 0 Å². The van der Waals surface area contributed by atoms with Gasteiger partial charge in [-0.05, 0) is 26.2 Å². The zero-order valence-corrected chi connectivity index (χ0v) is 6.63. The van der Waals surface area contributed by atoms with Crippen molar-refractivity contribution in [1.29, 1.82) is 0 Å². The van der Waals surface area contributed by atoms with Gasteiger partial charge in [-0.25, -0.2) is 4.79 Å². The zero-order chi connectivity index (χ0) is 7.90. The molecule has 62 valence electrons. The molecule has 0 radical (unpaired) electrons. The second-order valence-electron chi connectivity index (χ2n) is 3.35. The molecule has 2 saturated heterocycles. The topological polar surface area (TPSA) is 35.5 Å². The van der Waals surface area contributed by atoms with E-state index >= 15 is 0 Å². The quantitative estimate of drug-likeness (QED) is 0.488. The van der Waals surface area contributed by atoms with Gasteiger partial charge in [0.15, 0.2) is 5.60 Å². The van der Waals surface area contributed by atoms with Gasteiger partial charge in [-0.1, -0.05) is 0 Å². The van der Waals surface area contributed by atoms with Crippen LogP contribution in [0.3, 0.4) is 0 Å². The molecule has 0 spiro atoms. The fraction of sp³-hybridized carbons (Fsp3) is 0.875. The Morgan fingerprint density at radius 2 is 2.36 bits per heavy atom. The number of carbonyl (C=O) groups excluding carboxylic acids is 1. The molecule has 0 aromatic carbocycles. The summed E-state index contributed by atoms with van der Waals surface area (Å²) in [6, 6.07) is 0. The summed E-state index contributed by atoms with van der Waals surface area (Å²) in [5.74, 6) is -0.190. The standard InChI is InChI=1S/C8H12O3/c1-8-6(11-7(8)9)4-2-3-5-10-8/h6H,2-5H2,1H3/t6-,8+/m1/s1. The van der Waals surface area contributed by atoms with Crippen molar-refractivity contribution >= 4 is 5.97 Å². The van der Waals surface area contributed by atoms with Crippen molar-refractivity contribution in [2.75, 3.05) is 6.61 Å². The molecule has 0 amide bonds. The average Bonchev–Trinajstić information content (AvgIpc) is 2.13. The predicted octanol–water partition coefficient (Wildman–Crippen LogP) is 0.871. The summed E-state index contributed by atoms with van der Waals surface area (Å²) in [7, 11) is 0. The maximum absolute atomic E-state index is 11.0. The van der Waals surface area contributed by atoms with Gasteiger partial charge in [0.2, 0.25) is 0 Å². The average molecular weight is 156 g/mol. The van der Waals surface area contributed by atoms with Crippen LogP contribution in [-0.2, 0) is 14.3 Å². The molecule has 0 aromatic heterocycles. The molecular formula is C8H12O3. The Hall–Kier alpha value is -0.570. The second kappa shape index (κ2) is 2.21. The van der Waals surface area contributed by atoms with Gasteiger partial charge in [0.1, 0.15) is 6.10 Å². The maximum Gasteiger partial charge on any atom is 0.342 e. The van der Waals surface area contributed by atoms with Crippen molar-refractivity contribution in [2.24, 2.45) is 0 Å². The lowest BCUT2D eigenvalue weighted by molar-refractivity contribution is -0.233. The molecule has 2 fully saturated rings. The molecule has 0 unspecified atom stereocenters. The summed E-state index contributed by atoms with van der Waals surface area (Å²) in [5.41, 5.74) is -0.601. The molecule has 11 heavy (non-hydrogen) atoms. The molecule has 2 rings (SSSR count). The van der Waals surface area contributed by atoms with Gasteiger partial charge in [-0.15, -0.1) is 0 Å². The third-order valence-electron chi connectivity index (χ3n) is 2.53.